The van der Waals surface area contributed by atoms with Crippen LogP contribution in [0.25, 0.3) is 0 Å². The molecule has 0 aromatic heterocycles. The zero-order chi connectivity index (χ0) is 7.11. The van der Waals surface area contributed by atoms with Crippen molar-refractivity contribution in [3.8, 4) is 0 Å². The van der Waals surface area contributed by atoms with Crippen molar-refractivity contribution in [3.05, 3.63) is 11.6 Å². The number of methoxy groups -OCH3 is 1. The molecule has 3 heteroatoms. The van der Waals surface area contributed by atoms with Gasteiger partial charge in [0, 0.05) is 19.2 Å². The summed E-state index contributed by atoms with van der Waals surface area (Å²) in [7, 11) is 1.65. The Morgan fingerprint density at radius 2 is 2.44 bits per heavy atom. The first-order valence-corrected chi connectivity index (χ1v) is 3.26. The third-order valence-electron chi connectivity index (χ3n) is 0.966. The first kappa shape index (κ1) is 8.95. The van der Waals surface area contributed by atoms with Gasteiger partial charge in [0.2, 0.25) is 0 Å². The number of hydrogen-bond donors (Lipinski definition) is 1. The van der Waals surface area contributed by atoms with Crippen molar-refractivity contribution in [2.45, 2.75) is 13.2 Å². The molecule has 0 spiro atoms. The standard InChI is InChI=1S/C6H12ClNO/c1-6(9-2)8-5-3-4-7/h3-4,6,8H,5H2,1-2H3. The van der Waals surface area contributed by atoms with Gasteiger partial charge in [0.05, 0.1) is 0 Å². The molecule has 0 radical (unpaired) electrons. The summed E-state index contributed by atoms with van der Waals surface area (Å²) in [5, 5.41) is 3.04. The zero-order valence-electron chi connectivity index (χ0n) is 5.73. The molecule has 0 saturated carbocycles. The van der Waals surface area contributed by atoms with E-state index in [1.807, 2.05) is 13.0 Å². The molecule has 0 aliphatic carbocycles. The third-order valence-corrected chi connectivity index (χ3v) is 1.14. The van der Waals surface area contributed by atoms with Gasteiger partial charge in [-0.15, -0.1) is 0 Å². The maximum absolute atomic E-state index is 5.27. The summed E-state index contributed by atoms with van der Waals surface area (Å²) in [4.78, 5) is 0. The molecule has 0 rings (SSSR count). The van der Waals surface area contributed by atoms with E-state index in [0.717, 1.165) is 6.54 Å². The zero-order valence-corrected chi connectivity index (χ0v) is 6.48. The van der Waals surface area contributed by atoms with Crippen molar-refractivity contribution in [2.24, 2.45) is 0 Å². The Labute approximate surface area is 60.8 Å². The second-order valence-electron chi connectivity index (χ2n) is 1.65. The van der Waals surface area contributed by atoms with E-state index in [0.29, 0.717) is 0 Å². The van der Waals surface area contributed by atoms with Gasteiger partial charge in [-0.1, -0.05) is 17.7 Å². The maximum Gasteiger partial charge on any atom is 0.105 e. The molecule has 0 amide bonds. The first-order valence-electron chi connectivity index (χ1n) is 2.82. The van der Waals surface area contributed by atoms with Gasteiger partial charge in [0.25, 0.3) is 0 Å². The number of halogens is 1. The lowest BCUT2D eigenvalue weighted by Crippen LogP contribution is -2.27. The highest BCUT2D eigenvalue weighted by molar-refractivity contribution is 6.25. The maximum atomic E-state index is 5.27. The van der Waals surface area contributed by atoms with Crippen molar-refractivity contribution in [1.82, 2.24) is 5.32 Å². The van der Waals surface area contributed by atoms with Crippen molar-refractivity contribution in [2.75, 3.05) is 13.7 Å². The summed E-state index contributed by atoms with van der Waals surface area (Å²) < 4.78 is 4.91. The molecule has 0 fully saturated rings. The Bertz CT molecular complexity index is 85.1. The molecule has 1 atom stereocenters. The summed E-state index contributed by atoms with van der Waals surface area (Å²) in [6.07, 6.45) is 1.91. The molecule has 1 N–H and O–H groups in total. The van der Waals surface area contributed by atoms with Gasteiger partial charge in [-0.25, -0.2) is 0 Å². The topological polar surface area (TPSA) is 21.3 Å². The van der Waals surface area contributed by atoms with Crippen LogP contribution in [0.1, 0.15) is 6.92 Å². The Morgan fingerprint density at radius 3 is 2.89 bits per heavy atom. The van der Waals surface area contributed by atoms with Crippen LogP contribution >= 0.6 is 11.6 Å². The van der Waals surface area contributed by atoms with Crippen LogP contribution in [-0.2, 0) is 4.74 Å². The fourth-order valence-corrected chi connectivity index (χ4v) is 0.451. The number of nitrogens with one attached hydrogen (secondary N) is 1. The highest BCUT2D eigenvalue weighted by atomic mass is 35.5. The Hall–Kier alpha value is -0.0500. The predicted molar refractivity (Wildman–Crippen MR) is 39.5 cm³/mol. The molecule has 0 aliphatic heterocycles. The van der Waals surface area contributed by atoms with E-state index in [1.54, 1.807) is 7.11 Å². The largest absolute Gasteiger partial charge is 0.367 e. The molecule has 0 aromatic carbocycles. The van der Waals surface area contributed by atoms with Crippen molar-refractivity contribution >= 4 is 11.6 Å². The summed E-state index contributed by atoms with van der Waals surface area (Å²) in [5.41, 5.74) is 1.48. The molecule has 2 nitrogen and oxygen atoms in total. The molecule has 1 unspecified atom stereocenters. The minimum absolute atomic E-state index is 0.0952. The minimum atomic E-state index is 0.0952. The van der Waals surface area contributed by atoms with Gasteiger partial charge in [0.1, 0.15) is 6.23 Å². The van der Waals surface area contributed by atoms with E-state index in [2.05, 4.69) is 5.32 Å². The van der Waals surface area contributed by atoms with Crippen molar-refractivity contribution < 1.29 is 4.74 Å². The van der Waals surface area contributed by atoms with E-state index in [-0.39, 0.29) is 6.23 Å². The van der Waals surface area contributed by atoms with Crippen LogP contribution in [0.2, 0.25) is 0 Å². The molecule has 0 saturated heterocycles. The van der Waals surface area contributed by atoms with Crippen LogP contribution in [0, 0.1) is 0 Å². The molecular weight excluding hydrogens is 138 g/mol. The van der Waals surface area contributed by atoms with Crippen LogP contribution in [0.5, 0.6) is 0 Å². The highest BCUT2D eigenvalue weighted by Gasteiger charge is 1.91. The Balaban J connectivity index is 3.06. The van der Waals surface area contributed by atoms with Crippen LogP contribution in [0.15, 0.2) is 11.6 Å². The van der Waals surface area contributed by atoms with Crippen molar-refractivity contribution in [1.29, 1.82) is 0 Å². The molecule has 0 aromatic rings. The average molecular weight is 150 g/mol. The van der Waals surface area contributed by atoms with Crippen LogP contribution in [0.4, 0.5) is 0 Å². The second kappa shape index (κ2) is 6.08. The normalized spacial score (nSPS) is 14.6. The summed E-state index contributed by atoms with van der Waals surface area (Å²) in [5.74, 6) is 0. The quantitative estimate of drug-likeness (QED) is 0.609. The predicted octanol–water partition coefficient (Wildman–Crippen LogP) is 1.32. The van der Waals surface area contributed by atoms with Gasteiger partial charge in [-0.3, -0.25) is 5.32 Å². The Kier molecular flexibility index (Phi) is 6.04. The summed E-state index contributed by atoms with van der Waals surface area (Å²) >= 11 is 5.27. The Morgan fingerprint density at radius 1 is 1.78 bits per heavy atom. The highest BCUT2D eigenvalue weighted by Crippen LogP contribution is 1.81. The first-order chi connectivity index (χ1) is 4.31. The van der Waals surface area contributed by atoms with E-state index in [1.165, 1.54) is 5.54 Å². The molecule has 0 aliphatic rings. The second-order valence-corrected chi connectivity index (χ2v) is 1.90. The smallest absolute Gasteiger partial charge is 0.105 e. The third kappa shape index (κ3) is 5.83. The van der Waals surface area contributed by atoms with E-state index >= 15 is 0 Å². The van der Waals surface area contributed by atoms with Crippen LogP contribution in [-0.4, -0.2) is 19.9 Å². The van der Waals surface area contributed by atoms with E-state index in [4.69, 9.17) is 16.3 Å². The number of ether oxygens (including phenoxy) is 1. The fourth-order valence-electron chi connectivity index (χ4n) is 0.362. The minimum Gasteiger partial charge on any atom is -0.367 e. The molecule has 9 heavy (non-hydrogen) atoms. The molecular formula is C6H12ClNO. The SMILES string of the molecule is COC(C)NCC=CCl. The number of hydrogen-bond acceptors (Lipinski definition) is 2. The van der Waals surface area contributed by atoms with Gasteiger partial charge in [0.15, 0.2) is 0 Å². The van der Waals surface area contributed by atoms with Crippen LogP contribution < -0.4 is 5.32 Å². The average Bonchev–Trinajstić information content (AvgIpc) is 1.89. The number of rotatable bonds is 4. The molecule has 0 bridgehead atoms. The lowest BCUT2D eigenvalue weighted by atomic mass is 10.5. The van der Waals surface area contributed by atoms with Gasteiger partial charge < -0.3 is 4.74 Å². The molecule has 54 valence electrons. The van der Waals surface area contributed by atoms with Gasteiger partial charge >= 0.3 is 0 Å². The van der Waals surface area contributed by atoms with E-state index in [9.17, 15) is 0 Å². The summed E-state index contributed by atoms with van der Waals surface area (Å²) in [6.45, 7) is 2.68. The van der Waals surface area contributed by atoms with E-state index < -0.39 is 0 Å². The fraction of sp³-hybridized carbons (Fsp3) is 0.667. The summed E-state index contributed by atoms with van der Waals surface area (Å²) in [6, 6.07) is 0. The van der Waals surface area contributed by atoms with Crippen LogP contribution in [0.3, 0.4) is 0 Å². The lowest BCUT2D eigenvalue weighted by Gasteiger charge is -2.08. The lowest BCUT2D eigenvalue weighted by molar-refractivity contribution is 0.0929. The van der Waals surface area contributed by atoms with Gasteiger partial charge in [-0.2, -0.15) is 0 Å². The van der Waals surface area contributed by atoms with Crippen molar-refractivity contribution in [3.63, 3.8) is 0 Å². The van der Waals surface area contributed by atoms with Gasteiger partial charge in [-0.05, 0) is 6.92 Å². The molecule has 0 heterocycles. The monoisotopic (exact) mass is 149 g/mol.